The fourth-order valence-electron chi connectivity index (χ4n) is 2.00. The van der Waals surface area contributed by atoms with E-state index in [9.17, 15) is 9.59 Å². The topological polar surface area (TPSA) is 79.8 Å². The van der Waals surface area contributed by atoms with E-state index in [0.29, 0.717) is 12.3 Å². The number of hydrazone groups is 1. The van der Waals surface area contributed by atoms with E-state index in [0.717, 1.165) is 21.3 Å². The van der Waals surface area contributed by atoms with Gasteiger partial charge in [-0.15, -0.1) is 0 Å². The minimum absolute atomic E-state index is 0.555. The number of amides is 2. The highest BCUT2D eigenvalue weighted by Crippen LogP contribution is 2.25. The standard InChI is InChI=1S/C18H18BrN3O3/c1-3-25-16-8-7-13(10-15(16)19)11-20-22-18(24)17(23)21-14-6-4-5-12(2)9-14/h4-11H,3H2,1-2H3,(H,21,23)(H,22,24)/b20-11-. The lowest BCUT2D eigenvalue weighted by molar-refractivity contribution is -0.136. The predicted octanol–water partition coefficient (Wildman–Crippen LogP) is 3.25. The van der Waals surface area contributed by atoms with Crippen LogP contribution in [0.4, 0.5) is 5.69 Å². The maximum Gasteiger partial charge on any atom is 0.329 e. The Balaban J connectivity index is 1.91. The summed E-state index contributed by atoms with van der Waals surface area (Å²) < 4.78 is 6.20. The molecule has 0 saturated heterocycles. The molecule has 0 heterocycles. The second-order valence-corrected chi connectivity index (χ2v) is 6.00. The molecule has 0 aliphatic heterocycles. The smallest absolute Gasteiger partial charge is 0.329 e. The summed E-state index contributed by atoms with van der Waals surface area (Å²) in [6, 6.07) is 12.6. The first-order valence-electron chi connectivity index (χ1n) is 7.63. The van der Waals surface area contributed by atoms with Crippen molar-refractivity contribution in [2.24, 2.45) is 5.10 Å². The highest BCUT2D eigenvalue weighted by atomic mass is 79.9. The zero-order valence-corrected chi connectivity index (χ0v) is 15.5. The summed E-state index contributed by atoms with van der Waals surface area (Å²) in [5.41, 5.74) is 4.48. The molecule has 0 aliphatic rings. The van der Waals surface area contributed by atoms with Crippen molar-refractivity contribution in [3.8, 4) is 5.75 Å². The average Bonchev–Trinajstić information content (AvgIpc) is 2.57. The molecule has 0 aliphatic carbocycles. The van der Waals surface area contributed by atoms with Crippen LogP contribution in [0.3, 0.4) is 0 Å². The molecule has 0 bridgehead atoms. The van der Waals surface area contributed by atoms with Crippen molar-refractivity contribution in [2.45, 2.75) is 13.8 Å². The van der Waals surface area contributed by atoms with Gasteiger partial charge in [-0.25, -0.2) is 5.43 Å². The molecule has 2 aromatic rings. The van der Waals surface area contributed by atoms with Crippen LogP contribution in [0, 0.1) is 6.92 Å². The van der Waals surface area contributed by atoms with Crippen molar-refractivity contribution in [3.63, 3.8) is 0 Å². The number of ether oxygens (including phenoxy) is 1. The van der Waals surface area contributed by atoms with Gasteiger partial charge in [-0.2, -0.15) is 5.10 Å². The molecule has 0 aromatic heterocycles. The van der Waals surface area contributed by atoms with Crippen LogP contribution in [-0.2, 0) is 9.59 Å². The number of aryl methyl sites for hydroxylation is 1. The number of hydrogen-bond acceptors (Lipinski definition) is 4. The van der Waals surface area contributed by atoms with Crippen molar-refractivity contribution in [3.05, 3.63) is 58.1 Å². The minimum Gasteiger partial charge on any atom is -0.493 e. The fraction of sp³-hybridized carbons (Fsp3) is 0.167. The third-order valence-corrected chi connectivity index (χ3v) is 3.74. The van der Waals surface area contributed by atoms with Crippen LogP contribution in [-0.4, -0.2) is 24.6 Å². The van der Waals surface area contributed by atoms with E-state index < -0.39 is 11.8 Å². The summed E-state index contributed by atoms with van der Waals surface area (Å²) in [4.78, 5) is 23.6. The van der Waals surface area contributed by atoms with Crippen LogP contribution >= 0.6 is 15.9 Å². The van der Waals surface area contributed by atoms with Crippen LogP contribution in [0.2, 0.25) is 0 Å². The fourth-order valence-corrected chi connectivity index (χ4v) is 2.51. The van der Waals surface area contributed by atoms with Gasteiger partial charge in [-0.1, -0.05) is 12.1 Å². The van der Waals surface area contributed by atoms with E-state index in [1.165, 1.54) is 6.21 Å². The van der Waals surface area contributed by atoms with Gasteiger partial charge in [0.05, 0.1) is 17.3 Å². The number of carbonyl (C=O) groups is 2. The number of nitrogens with zero attached hydrogens (tertiary/aromatic N) is 1. The number of halogens is 1. The van der Waals surface area contributed by atoms with Crippen molar-refractivity contribution >= 4 is 39.6 Å². The number of benzene rings is 2. The molecule has 0 atom stereocenters. The molecule has 2 N–H and O–H groups in total. The second kappa shape index (κ2) is 8.98. The van der Waals surface area contributed by atoms with Crippen LogP contribution in [0.5, 0.6) is 5.75 Å². The molecular formula is C18H18BrN3O3. The molecule has 25 heavy (non-hydrogen) atoms. The third kappa shape index (κ3) is 5.72. The molecule has 0 spiro atoms. The third-order valence-electron chi connectivity index (χ3n) is 3.12. The van der Waals surface area contributed by atoms with Gasteiger partial charge in [0.1, 0.15) is 5.75 Å². The largest absolute Gasteiger partial charge is 0.493 e. The van der Waals surface area contributed by atoms with E-state index in [4.69, 9.17) is 4.74 Å². The van der Waals surface area contributed by atoms with Crippen molar-refractivity contribution in [1.29, 1.82) is 0 Å². The van der Waals surface area contributed by atoms with Crippen molar-refractivity contribution < 1.29 is 14.3 Å². The molecule has 7 heteroatoms. The Morgan fingerprint density at radius 3 is 2.68 bits per heavy atom. The maximum atomic E-state index is 11.8. The number of nitrogens with one attached hydrogen (secondary N) is 2. The molecule has 130 valence electrons. The van der Waals surface area contributed by atoms with Crippen LogP contribution < -0.4 is 15.5 Å². The quantitative estimate of drug-likeness (QED) is 0.456. The summed E-state index contributed by atoms with van der Waals surface area (Å²) >= 11 is 3.40. The first kappa shape index (κ1) is 18.7. The Morgan fingerprint density at radius 2 is 2.00 bits per heavy atom. The van der Waals surface area contributed by atoms with Gasteiger partial charge >= 0.3 is 11.8 Å². The predicted molar refractivity (Wildman–Crippen MR) is 101 cm³/mol. The van der Waals surface area contributed by atoms with E-state index in [2.05, 4.69) is 31.8 Å². The van der Waals surface area contributed by atoms with E-state index >= 15 is 0 Å². The Bertz CT molecular complexity index is 806. The monoisotopic (exact) mass is 403 g/mol. The Hall–Kier alpha value is -2.67. The Kier molecular flexibility index (Phi) is 6.71. The van der Waals surface area contributed by atoms with E-state index in [1.807, 2.05) is 19.9 Å². The first-order chi connectivity index (χ1) is 12.0. The normalized spacial score (nSPS) is 10.5. The highest BCUT2D eigenvalue weighted by Gasteiger charge is 2.12. The number of anilines is 1. The molecule has 0 saturated carbocycles. The highest BCUT2D eigenvalue weighted by molar-refractivity contribution is 9.10. The van der Waals surface area contributed by atoms with E-state index in [1.54, 1.807) is 36.4 Å². The number of hydrogen-bond donors (Lipinski definition) is 2. The van der Waals surface area contributed by atoms with Gasteiger partial charge in [0.25, 0.3) is 0 Å². The van der Waals surface area contributed by atoms with Crippen molar-refractivity contribution in [2.75, 3.05) is 11.9 Å². The van der Waals surface area contributed by atoms with Crippen LogP contribution in [0.1, 0.15) is 18.1 Å². The Labute approximate surface area is 154 Å². The number of rotatable bonds is 5. The van der Waals surface area contributed by atoms with Gasteiger partial charge in [-0.3, -0.25) is 9.59 Å². The lowest BCUT2D eigenvalue weighted by Crippen LogP contribution is -2.32. The van der Waals surface area contributed by atoms with Gasteiger partial charge in [0.2, 0.25) is 0 Å². The Morgan fingerprint density at radius 1 is 1.20 bits per heavy atom. The van der Waals surface area contributed by atoms with Crippen LogP contribution in [0.15, 0.2) is 52.0 Å². The summed E-state index contributed by atoms with van der Waals surface area (Å²) in [7, 11) is 0. The molecule has 0 fully saturated rings. The van der Waals surface area contributed by atoms with Crippen molar-refractivity contribution in [1.82, 2.24) is 5.43 Å². The molecule has 2 rings (SSSR count). The van der Waals surface area contributed by atoms with Crippen LogP contribution in [0.25, 0.3) is 0 Å². The molecule has 6 nitrogen and oxygen atoms in total. The number of carbonyl (C=O) groups excluding carboxylic acids is 2. The minimum atomic E-state index is -0.845. The summed E-state index contributed by atoms with van der Waals surface area (Å²) in [5, 5.41) is 6.30. The molecule has 2 aromatic carbocycles. The second-order valence-electron chi connectivity index (χ2n) is 5.15. The summed E-state index contributed by atoms with van der Waals surface area (Å²) in [6.45, 7) is 4.37. The van der Waals surface area contributed by atoms with E-state index in [-0.39, 0.29) is 0 Å². The van der Waals surface area contributed by atoms with Gasteiger partial charge in [0.15, 0.2) is 0 Å². The molecule has 0 unspecified atom stereocenters. The van der Waals surface area contributed by atoms with Gasteiger partial charge in [-0.05, 0) is 71.2 Å². The summed E-state index contributed by atoms with van der Waals surface area (Å²) in [6.07, 6.45) is 1.44. The first-order valence-corrected chi connectivity index (χ1v) is 8.42. The van der Waals surface area contributed by atoms with Gasteiger partial charge in [0, 0.05) is 5.69 Å². The van der Waals surface area contributed by atoms with Gasteiger partial charge < -0.3 is 10.1 Å². The molecule has 0 radical (unpaired) electrons. The maximum absolute atomic E-state index is 11.8. The lowest BCUT2D eigenvalue weighted by Gasteiger charge is -2.06. The molecular weight excluding hydrogens is 386 g/mol. The SMILES string of the molecule is CCOc1ccc(/C=N\NC(=O)C(=O)Nc2cccc(C)c2)cc1Br. The lowest BCUT2D eigenvalue weighted by atomic mass is 10.2. The molecule has 2 amide bonds. The zero-order valence-electron chi connectivity index (χ0n) is 13.9. The summed E-state index contributed by atoms with van der Waals surface area (Å²) in [5.74, 6) is -0.903. The average molecular weight is 404 g/mol. The zero-order chi connectivity index (χ0) is 18.2.